The topological polar surface area (TPSA) is 110 Å². The van der Waals surface area contributed by atoms with Crippen LogP contribution in [-0.2, 0) is 14.8 Å². The molecule has 3 aromatic carbocycles. The van der Waals surface area contributed by atoms with Crippen molar-refractivity contribution in [2.24, 2.45) is 5.10 Å². The third-order valence-electron chi connectivity index (χ3n) is 5.77. The standard InChI is InChI=1S/C28H27ClN4O5S2/c1-4-38-22-9-6-21(7-10-22)33(40(35,36)25-13-11-24(39-3)12-14-25)18-27(34)32-30-17-20-15-19-5-8-23(37-2)16-26(19)31-28(20)29/h5-17H,4,18H2,1-3H3,(H,32,34)/b30-17-. The van der Waals surface area contributed by atoms with Gasteiger partial charge in [0.25, 0.3) is 15.9 Å². The summed E-state index contributed by atoms with van der Waals surface area (Å²) < 4.78 is 39.0. The van der Waals surface area contributed by atoms with Gasteiger partial charge in [-0.3, -0.25) is 9.10 Å². The highest BCUT2D eigenvalue weighted by Crippen LogP contribution is 2.27. The Kier molecular flexibility index (Phi) is 9.51. The van der Waals surface area contributed by atoms with E-state index in [0.717, 1.165) is 14.6 Å². The van der Waals surface area contributed by atoms with Crippen molar-refractivity contribution in [3.8, 4) is 11.5 Å². The van der Waals surface area contributed by atoms with Crippen LogP contribution in [0, 0.1) is 0 Å². The van der Waals surface area contributed by atoms with E-state index in [4.69, 9.17) is 21.1 Å². The first-order chi connectivity index (χ1) is 19.2. The SMILES string of the molecule is CCOc1ccc(N(CC(=O)N/N=C\c2cc3ccc(OC)cc3nc2Cl)S(=O)(=O)c2ccc(SC)cc2)cc1. The second-order valence-electron chi connectivity index (χ2n) is 8.33. The highest BCUT2D eigenvalue weighted by molar-refractivity contribution is 7.98. The number of benzene rings is 3. The predicted octanol–water partition coefficient (Wildman–Crippen LogP) is 5.36. The lowest BCUT2D eigenvalue weighted by molar-refractivity contribution is -0.119. The number of aromatic nitrogens is 1. The fourth-order valence-electron chi connectivity index (χ4n) is 3.76. The average molecular weight is 599 g/mol. The van der Waals surface area contributed by atoms with Crippen molar-refractivity contribution in [1.29, 1.82) is 0 Å². The van der Waals surface area contributed by atoms with E-state index in [-0.39, 0.29) is 10.0 Å². The minimum atomic E-state index is -4.08. The van der Waals surface area contributed by atoms with E-state index in [1.54, 1.807) is 61.7 Å². The summed E-state index contributed by atoms with van der Waals surface area (Å²) in [6, 6.07) is 20.1. The van der Waals surface area contributed by atoms with Crippen molar-refractivity contribution >= 4 is 62.1 Å². The fraction of sp³-hybridized carbons (Fsp3) is 0.179. The van der Waals surface area contributed by atoms with Gasteiger partial charge in [0, 0.05) is 21.9 Å². The van der Waals surface area contributed by atoms with Crippen molar-refractivity contribution in [2.75, 3.05) is 30.8 Å². The van der Waals surface area contributed by atoms with E-state index in [0.29, 0.717) is 34.9 Å². The number of carbonyl (C=O) groups excluding carboxylic acids is 1. The van der Waals surface area contributed by atoms with E-state index < -0.39 is 22.5 Å². The monoisotopic (exact) mass is 598 g/mol. The second kappa shape index (κ2) is 13.0. The van der Waals surface area contributed by atoms with Crippen molar-refractivity contribution in [3.05, 3.63) is 83.5 Å². The first-order valence-electron chi connectivity index (χ1n) is 12.1. The molecule has 0 saturated heterocycles. The zero-order valence-corrected chi connectivity index (χ0v) is 24.4. The number of methoxy groups -OCH3 is 1. The van der Waals surface area contributed by atoms with Crippen LogP contribution in [0.15, 0.2) is 87.7 Å². The minimum absolute atomic E-state index is 0.0566. The molecule has 0 bridgehead atoms. The molecule has 0 aliphatic rings. The molecule has 0 spiro atoms. The Morgan fingerprint density at radius 2 is 1.77 bits per heavy atom. The van der Waals surface area contributed by atoms with Gasteiger partial charge in [0.1, 0.15) is 23.2 Å². The molecule has 9 nitrogen and oxygen atoms in total. The highest BCUT2D eigenvalue weighted by atomic mass is 35.5. The number of rotatable bonds is 11. The number of carbonyl (C=O) groups is 1. The zero-order chi connectivity index (χ0) is 28.7. The molecule has 208 valence electrons. The van der Waals surface area contributed by atoms with Crippen LogP contribution in [0.1, 0.15) is 12.5 Å². The number of hydrogen-bond donors (Lipinski definition) is 1. The summed E-state index contributed by atoms with van der Waals surface area (Å²) in [7, 11) is -2.52. The van der Waals surface area contributed by atoms with Crippen molar-refractivity contribution in [1.82, 2.24) is 10.4 Å². The van der Waals surface area contributed by atoms with Crippen molar-refractivity contribution in [2.45, 2.75) is 16.7 Å². The number of hydrazone groups is 1. The lowest BCUT2D eigenvalue weighted by Crippen LogP contribution is -2.39. The van der Waals surface area contributed by atoms with Gasteiger partial charge in [-0.05, 0) is 79.9 Å². The third kappa shape index (κ3) is 6.85. The van der Waals surface area contributed by atoms with Gasteiger partial charge in [-0.2, -0.15) is 5.10 Å². The van der Waals surface area contributed by atoms with E-state index in [1.165, 1.54) is 30.1 Å². The second-order valence-corrected chi connectivity index (χ2v) is 11.4. The summed E-state index contributed by atoms with van der Waals surface area (Å²) in [6.07, 6.45) is 3.26. The molecular formula is C28H27ClN4O5S2. The Morgan fingerprint density at radius 3 is 2.42 bits per heavy atom. The number of nitrogens with zero attached hydrogens (tertiary/aromatic N) is 3. The minimum Gasteiger partial charge on any atom is -0.497 e. The van der Waals surface area contributed by atoms with E-state index in [9.17, 15) is 13.2 Å². The molecule has 4 aromatic rings. The molecule has 40 heavy (non-hydrogen) atoms. The van der Waals surface area contributed by atoms with Crippen LogP contribution in [0.3, 0.4) is 0 Å². The lowest BCUT2D eigenvalue weighted by Gasteiger charge is -2.24. The predicted molar refractivity (Wildman–Crippen MR) is 159 cm³/mol. The maximum absolute atomic E-state index is 13.6. The van der Waals surface area contributed by atoms with Gasteiger partial charge in [0.15, 0.2) is 0 Å². The third-order valence-corrected chi connectivity index (χ3v) is 8.60. The fourth-order valence-corrected chi connectivity index (χ4v) is 5.79. The summed E-state index contributed by atoms with van der Waals surface area (Å²) in [5.41, 5.74) is 3.81. The van der Waals surface area contributed by atoms with Gasteiger partial charge in [-0.15, -0.1) is 11.8 Å². The lowest BCUT2D eigenvalue weighted by atomic mass is 10.1. The molecule has 1 aromatic heterocycles. The molecule has 0 aliphatic carbocycles. The Bertz CT molecular complexity index is 1630. The Labute approximate surface area is 242 Å². The van der Waals surface area contributed by atoms with Crippen LogP contribution in [0.2, 0.25) is 5.15 Å². The maximum Gasteiger partial charge on any atom is 0.264 e. The largest absolute Gasteiger partial charge is 0.497 e. The van der Waals surface area contributed by atoms with Gasteiger partial charge in [0.05, 0.1) is 36.0 Å². The number of thioether (sulfide) groups is 1. The maximum atomic E-state index is 13.6. The molecule has 0 radical (unpaired) electrons. The Hall–Kier alpha value is -3.80. The molecule has 4 rings (SSSR count). The molecular weight excluding hydrogens is 572 g/mol. The molecule has 1 N–H and O–H groups in total. The van der Waals surface area contributed by atoms with Crippen molar-refractivity contribution in [3.63, 3.8) is 0 Å². The summed E-state index contributed by atoms with van der Waals surface area (Å²) in [5, 5.41) is 4.98. The first-order valence-corrected chi connectivity index (χ1v) is 15.1. The number of sulfonamides is 1. The zero-order valence-electron chi connectivity index (χ0n) is 22.0. The molecule has 0 fully saturated rings. The van der Waals surface area contributed by atoms with Crippen LogP contribution in [-0.4, -0.2) is 52.0 Å². The molecule has 1 amide bonds. The van der Waals surface area contributed by atoms with Gasteiger partial charge in [0.2, 0.25) is 0 Å². The highest BCUT2D eigenvalue weighted by Gasteiger charge is 2.27. The van der Waals surface area contributed by atoms with Crippen molar-refractivity contribution < 1.29 is 22.7 Å². The summed E-state index contributed by atoms with van der Waals surface area (Å²) >= 11 is 7.81. The summed E-state index contributed by atoms with van der Waals surface area (Å²) in [6.45, 7) is 1.81. The summed E-state index contributed by atoms with van der Waals surface area (Å²) in [4.78, 5) is 18.2. The molecule has 0 saturated carbocycles. The molecule has 1 heterocycles. The number of anilines is 1. The smallest absolute Gasteiger partial charge is 0.264 e. The van der Waals surface area contributed by atoms with Crippen LogP contribution in [0.5, 0.6) is 11.5 Å². The number of nitrogens with one attached hydrogen (secondary N) is 1. The van der Waals surface area contributed by atoms with Gasteiger partial charge in [-0.1, -0.05) is 11.6 Å². The van der Waals surface area contributed by atoms with E-state index in [1.807, 2.05) is 19.2 Å². The Balaban J connectivity index is 1.56. The molecule has 0 atom stereocenters. The number of amides is 1. The Morgan fingerprint density at radius 1 is 1.07 bits per heavy atom. The molecule has 12 heteroatoms. The van der Waals surface area contributed by atoms with Gasteiger partial charge < -0.3 is 9.47 Å². The first kappa shape index (κ1) is 29.2. The number of ether oxygens (including phenoxy) is 2. The molecule has 0 unspecified atom stereocenters. The van der Waals surface area contributed by atoms with Gasteiger partial charge >= 0.3 is 0 Å². The quantitative estimate of drug-likeness (QED) is 0.107. The summed E-state index contributed by atoms with van der Waals surface area (Å²) in [5.74, 6) is 0.585. The van der Waals surface area contributed by atoms with Crippen LogP contribution in [0.25, 0.3) is 10.9 Å². The number of halogens is 1. The van der Waals surface area contributed by atoms with E-state index in [2.05, 4.69) is 15.5 Å². The number of hydrogen-bond acceptors (Lipinski definition) is 8. The van der Waals surface area contributed by atoms with Gasteiger partial charge in [-0.25, -0.2) is 18.8 Å². The average Bonchev–Trinajstić information content (AvgIpc) is 2.96. The number of pyridine rings is 1. The van der Waals surface area contributed by atoms with Crippen LogP contribution < -0.4 is 19.2 Å². The number of fused-ring (bicyclic) bond motifs is 1. The van der Waals surface area contributed by atoms with Crippen LogP contribution in [0.4, 0.5) is 5.69 Å². The van der Waals surface area contributed by atoms with Crippen LogP contribution >= 0.6 is 23.4 Å². The van der Waals surface area contributed by atoms with E-state index >= 15 is 0 Å². The normalized spacial score (nSPS) is 11.5. The molecule has 0 aliphatic heterocycles.